The Bertz CT molecular complexity index is 907. The Morgan fingerprint density at radius 3 is 2.59 bits per heavy atom. The summed E-state index contributed by atoms with van der Waals surface area (Å²) in [6, 6.07) is 10.9. The maximum absolute atomic E-state index is 12.6. The molecule has 1 unspecified atom stereocenters. The van der Waals surface area contributed by atoms with Crippen molar-refractivity contribution in [3.05, 3.63) is 68.8 Å². The molecular formula is C22H27N3O4. The zero-order valence-electron chi connectivity index (χ0n) is 17.1. The highest BCUT2D eigenvalue weighted by molar-refractivity contribution is 5.95. The molecular weight excluding hydrogens is 370 g/mol. The summed E-state index contributed by atoms with van der Waals surface area (Å²) in [5, 5.41) is 14.9. The van der Waals surface area contributed by atoms with E-state index in [-0.39, 0.29) is 17.6 Å². The third-order valence-corrected chi connectivity index (χ3v) is 5.17. The summed E-state index contributed by atoms with van der Waals surface area (Å²) < 4.78 is 5.26. The van der Waals surface area contributed by atoms with E-state index >= 15 is 0 Å². The number of carbonyl (C=O) groups is 1. The number of nitro groups is 1. The molecule has 0 bridgehead atoms. The van der Waals surface area contributed by atoms with Crippen LogP contribution in [-0.4, -0.2) is 48.1 Å². The van der Waals surface area contributed by atoms with Gasteiger partial charge in [-0.05, 0) is 50.5 Å². The third kappa shape index (κ3) is 5.12. The quantitative estimate of drug-likeness (QED) is 0.593. The van der Waals surface area contributed by atoms with Gasteiger partial charge in [0.05, 0.1) is 18.1 Å². The minimum Gasteiger partial charge on any atom is -0.378 e. The number of ether oxygens (including phenoxy) is 1. The van der Waals surface area contributed by atoms with Crippen molar-refractivity contribution in [2.75, 3.05) is 31.6 Å². The molecule has 1 N–H and O–H groups in total. The average Bonchev–Trinajstić information content (AvgIpc) is 2.70. The van der Waals surface area contributed by atoms with Gasteiger partial charge in [0.15, 0.2) is 0 Å². The molecule has 0 radical (unpaired) electrons. The average molecular weight is 397 g/mol. The molecule has 0 saturated carbocycles. The monoisotopic (exact) mass is 397 g/mol. The predicted molar refractivity (Wildman–Crippen MR) is 113 cm³/mol. The molecule has 1 saturated heterocycles. The highest BCUT2D eigenvalue weighted by atomic mass is 16.6. The van der Waals surface area contributed by atoms with Gasteiger partial charge in [0.25, 0.3) is 11.6 Å². The molecule has 0 spiro atoms. The highest BCUT2D eigenvalue weighted by Crippen LogP contribution is 2.28. The van der Waals surface area contributed by atoms with Crippen LogP contribution < -0.4 is 5.32 Å². The van der Waals surface area contributed by atoms with Gasteiger partial charge in [-0.25, -0.2) is 0 Å². The molecule has 3 rings (SSSR count). The minimum atomic E-state index is -0.442. The first kappa shape index (κ1) is 20.8. The Hall–Kier alpha value is -2.93. The molecule has 7 heteroatoms. The number of hydrogen-bond donors (Lipinski definition) is 1. The maximum atomic E-state index is 12.6. The summed E-state index contributed by atoms with van der Waals surface area (Å²) in [5.41, 5.74) is 4.29. The topological polar surface area (TPSA) is 84.7 Å². The number of benzene rings is 2. The SMILES string of the molecule is Cc1ccc(CC(C)Nc2ccc(C(=O)N3CCOCC3)cc2[N+](=O)[O-])c(C)c1. The first-order valence-electron chi connectivity index (χ1n) is 9.83. The molecule has 2 aromatic carbocycles. The zero-order valence-corrected chi connectivity index (χ0v) is 17.1. The first-order valence-corrected chi connectivity index (χ1v) is 9.83. The van der Waals surface area contributed by atoms with Crippen LogP contribution in [0.1, 0.15) is 34.0 Å². The molecule has 2 aromatic rings. The lowest BCUT2D eigenvalue weighted by Crippen LogP contribution is -2.40. The minimum absolute atomic E-state index is 0.00380. The molecule has 0 aliphatic carbocycles. The van der Waals surface area contributed by atoms with E-state index in [0.29, 0.717) is 37.6 Å². The smallest absolute Gasteiger partial charge is 0.293 e. The van der Waals surface area contributed by atoms with E-state index in [2.05, 4.69) is 37.4 Å². The van der Waals surface area contributed by atoms with E-state index in [1.165, 1.54) is 22.8 Å². The van der Waals surface area contributed by atoms with Crippen LogP contribution >= 0.6 is 0 Å². The van der Waals surface area contributed by atoms with Crippen molar-refractivity contribution in [2.45, 2.75) is 33.2 Å². The van der Waals surface area contributed by atoms with E-state index < -0.39 is 4.92 Å². The Morgan fingerprint density at radius 1 is 1.21 bits per heavy atom. The fourth-order valence-electron chi connectivity index (χ4n) is 3.61. The normalized spacial score (nSPS) is 15.1. The van der Waals surface area contributed by atoms with E-state index in [1.54, 1.807) is 17.0 Å². The van der Waals surface area contributed by atoms with Crippen molar-refractivity contribution in [3.8, 4) is 0 Å². The van der Waals surface area contributed by atoms with Gasteiger partial charge >= 0.3 is 0 Å². The largest absolute Gasteiger partial charge is 0.378 e. The Morgan fingerprint density at radius 2 is 1.93 bits per heavy atom. The second-order valence-corrected chi connectivity index (χ2v) is 7.57. The lowest BCUT2D eigenvalue weighted by atomic mass is 9.99. The molecule has 1 amide bonds. The molecule has 1 fully saturated rings. The van der Waals surface area contributed by atoms with E-state index in [1.807, 2.05) is 6.92 Å². The Labute approximate surface area is 170 Å². The number of nitro benzene ring substituents is 1. The second kappa shape index (κ2) is 9.05. The fourth-order valence-corrected chi connectivity index (χ4v) is 3.61. The molecule has 0 aromatic heterocycles. The van der Waals surface area contributed by atoms with Gasteiger partial charge in [-0.2, -0.15) is 0 Å². The van der Waals surface area contributed by atoms with Crippen LogP contribution in [0, 0.1) is 24.0 Å². The van der Waals surface area contributed by atoms with Crippen molar-refractivity contribution >= 4 is 17.3 Å². The molecule has 1 heterocycles. The molecule has 1 atom stereocenters. The van der Waals surface area contributed by atoms with Crippen molar-refractivity contribution in [3.63, 3.8) is 0 Å². The van der Waals surface area contributed by atoms with Gasteiger partial charge < -0.3 is 15.0 Å². The van der Waals surface area contributed by atoms with Crippen LogP contribution in [0.3, 0.4) is 0 Å². The zero-order chi connectivity index (χ0) is 21.0. The standard InChI is InChI=1S/C22H27N3O4/c1-15-4-5-18(16(2)12-15)13-17(3)23-20-7-6-19(14-21(20)25(27)28)22(26)24-8-10-29-11-9-24/h4-7,12,14,17,23H,8-11,13H2,1-3H3. The number of rotatable bonds is 6. The van der Waals surface area contributed by atoms with Gasteiger partial charge in [-0.3, -0.25) is 14.9 Å². The van der Waals surface area contributed by atoms with Gasteiger partial charge in [0.1, 0.15) is 5.69 Å². The van der Waals surface area contributed by atoms with E-state index in [4.69, 9.17) is 4.74 Å². The van der Waals surface area contributed by atoms with E-state index in [0.717, 1.165) is 6.42 Å². The number of nitrogens with one attached hydrogen (secondary N) is 1. The highest BCUT2D eigenvalue weighted by Gasteiger charge is 2.23. The van der Waals surface area contributed by atoms with Gasteiger partial charge in [-0.15, -0.1) is 0 Å². The Balaban J connectivity index is 1.76. The summed E-state index contributed by atoms with van der Waals surface area (Å²) in [4.78, 5) is 25.5. The summed E-state index contributed by atoms with van der Waals surface area (Å²) in [6.07, 6.45) is 0.748. The number of nitrogens with zero attached hydrogens (tertiary/aromatic N) is 2. The Kier molecular flexibility index (Phi) is 6.49. The van der Waals surface area contributed by atoms with Crippen LogP contribution in [-0.2, 0) is 11.2 Å². The maximum Gasteiger partial charge on any atom is 0.293 e. The van der Waals surface area contributed by atoms with Crippen molar-refractivity contribution in [2.24, 2.45) is 0 Å². The number of carbonyl (C=O) groups excluding carboxylic acids is 1. The molecule has 154 valence electrons. The summed E-state index contributed by atoms with van der Waals surface area (Å²) in [6.45, 7) is 8.10. The number of aryl methyl sites for hydroxylation is 2. The van der Waals surface area contributed by atoms with Crippen molar-refractivity contribution in [1.29, 1.82) is 0 Å². The van der Waals surface area contributed by atoms with Crippen LogP contribution in [0.4, 0.5) is 11.4 Å². The second-order valence-electron chi connectivity index (χ2n) is 7.57. The fraction of sp³-hybridized carbons (Fsp3) is 0.409. The number of amides is 1. The third-order valence-electron chi connectivity index (χ3n) is 5.17. The predicted octanol–water partition coefficient (Wildman–Crippen LogP) is 3.73. The number of hydrogen-bond acceptors (Lipinski definition) is 5. The lowest BCUT2D eigenvalue weighted by molar-refractivity contribution is -0.384. The summed E-state index contributed by atoms with van der Waals surface area (Å²) in [7, 11) is 0. The summed E-state index contributed by atoms with van der Waals surface area (Å²) >= 11 is 0. The molecule has 1 aliphatic heterocycles. The lowest BCUT2D eigenvalue weighted by Gasteiger charge is -2.27. The van der Waals surface area contributed by atoms with Crippen LogP contribution in [0.5, 0.6) is 0 Å². The number of morpholine rings is 1. The van der Waals surface area contributed by atoms with Gasteiger partial charge in [0.2, 0.25) is 0 Å². The van der Waals surface area contributed by atoms with E-state index in [9.17, 15) is 14.9 Å². The molecule has 29 heavy (non-hydrogen) atoms. The number of anilines is 1. The van der Waals surface area contributed by atoms with Gasteiger partial charge in [-0.1, -0.05) is 23.8 Å². The van der Waals surface area contributed by atoms with Crippen molar-refractivity contribution < 1.29 is 14.5 Å². The van der Waals surface area contributed by atoms with Gasteiger partial charge in [0, 0.05) is 30.8 Å². The van der Waals surface area contributed by atoms with Crippen LogP contribution in [0.2, 0.25) is 0 Å². The van der Waals surface area contributed by atoms with Crippen LogP contribution in [0.25, 0.3) is 0 Å². The first-order chi connectivity index (χ1) is 13.8. The molecule has 7 nitrogen and oxygen atoms in total. The summed E-state index contributed by atoms with van der Waals surface area (Å²) in [5.74, 6) is -0.203. The van der Waals surface area contributed by atoms with Crippen LogP contribution in [0.15, 0.2) is 36.4 Å². The van der Waals surface area contributed by atoms with Crippen molar-refractivity contribution in [1.82, 2.24) is 4.90 Å². The molecule has 1 aliphatic rings.